The minimum absolute atomic E-state index is 0.260. The molecule has 0 radical (unpaired) electrons. The summed E-state index contributed by atoms with van der Waals surface area (Å²) in [5.41, 5.74) is 0. The smallest absolute Gasteiger partial charge is 0.208 e. The number of carbonyl (C=O) groups is 1. The van der Waals surface area contributed by atoms with Gasteiger partial charge in [0.1, 0.15) is 6.73 Å². The third kappa shape index (κ3) is 7.39. The first-order chi connectivity index (χ1) is 4.91. The summed E-state index contributed by atoms with van der Waals surface area (Å²) >= 11 is 0. The maximum atomic E-state index is 9.67. The van der Waals surface area contributed by atoms with E-state index in [-0.39, 0.29) is 6.73 Å². The first-order valence-corrected chi connectivity index (χ1v) is 3.24. The molecule has 0 aromatic carbocycles. The van der Waals surface area contributed by atoms with Crippen LogP contribution in [-0.2, 0) is 14.3 Å². The average Bonchev–Trinajstić information content (AvgIpc) is 1.97. The molecule has 0 heterocycles. The zero-order valence-corrected chi connectivity index (χ0v) is 6.13. The normalized spacial score (nSPS) is 9.30. The van der Waals surface area contributed by atoms with Crippen LogP contribution in [0.5, 0.6) is 0 Å². The predicted molar refractivity (Wildman–Crippen MR) is 36.5 cm³/mol. The van der Waals surface area contributed by atoms with Crippen LogP contribution in [0.2, 0.25) is 0 Å². The van der Waals surface area contributed by atoms with Gasteiger partial charge < -0.3 is 14.8 Å². The van der Waals surface area contributed by atoms with Gasteiger partial charge in [-0.05, 0) is 6.92 Å². The number of hydrogen-bond acceptors (Lipinski definition) is 3. The predicted octanol–water partition coefficient (Wildman–Crippen LogP) is -0.257. The number of ether oxygens (including phenoxy) is 2. The Bertz CT molecular complexity index is 77.4. The van der Waals surface area contributed by atoms with E-state index in [2.05, 4.69) is 5.32 Å². The molecule has 0 unspecified atom stereocenters. The fourth-order valence-corrected chi connectivity index (χ4v) is 0.427. The fourth-order valence-electron chi connectivity index (χ4n) is 0.427. The number of carbonyl (C=O) groups excluding carboxylic acids is 1. The van der Waals surface area contributed by atoms with Crippen LogP contribution in [0.25, 0.3) is 0 Å². The van der Waals surface area contributed by atoms with E-state index in [1.165, 1.54) is 0 Å². The van der Waals surface area contributed by atoms with Crippen molar-refractivity contribution in [2.24, 2.45) is 0 Å². The van der Waals surface area contributed by atoms with E-state index in [0.717, 1.165) is 0 Å². The second-order valence-corrected chi connectivity index (χ2v) is 1.57. The molecular formula is C6H13NO3. The average molecular weight is 147 g/mol. The third-order valence-corrected chi connectivity index (χ3v) is 0.845. The van der Waals surface area contributed by atoms with E-state index >= 15 is 0 Å². The van der Waals surface area contributed by atoms with Crippen molar-refractivity contribution in [2.75, 3.05) is 26.6 Å². The van der Waals surface area contributed by atoms with Gasteiger partial charge in [-0.25, -0.2) is 0 Å². The molecule has 0 aliphatic rings. The molecule has 0 rings (SSSR count). The van der Waals surface area contributed by atoms with Gasteiger partial charge in [0.05, 0.1) is 13.2 Å². The highest BCUT2D eigenvalue weighted by Gasteiger charge is 1.84. The Morgan fingerprint density at radius 3 is 2.70 bits per heavy atom. The lowest BCUT2D eigenvalue weighted by Gasteiger charge is -2.01. The Morgan fingerprint density at radius 1 is 1.40 bits per heavy atom. The largest absolute Gasteiger partial charge is 0.379 e. The Kier molecular flexibility index (Phi) is 7.88. The van der Waals surface area contributed by atoms with Gasteiger partial charge in [0, 0.05) is 6.61 Å². The zero-order chi connectivity index (χ0) is 7.66. The standard InChI is InChI=1S/C6H13NO3/c1-2-9-3-4-10-6-7-5-8/h5H,2-4,6H2,1H3,(H,7,8). The molecule has 4 nitrogen and oxygen atoms in total. The summed E-state index contributed by atoms with van der Waals surface area (Å²) in [4.78, 5) is 9.67. The molecule has 0 saturated heterocycles. The lowest BCUT2D eigenvalue weighted by molar-refractivity contribution is -0.111. The lowest BCUT2D eigenvalue weighted by atomic mass is 10.7. The van der Waals surface area contributed by atoms with Crippen LogP contribution in [0.15, 0.2) is 0 Å². The van der Waals surface area contributed by atoms with Gasteiger partial charge in [0.2, 0.25) is 6.41 Å². The molecule has 0 fully saturated rings. The molecule has 0 aliphatic heterocycles. The molecule has 0 aromatic heterocycles. The molecule has 1 amide bonds. The quantitative estimate of drug-likeness (QED) is 0.307. The molecule has 0 bridgehead atoms. The number of nitrogens with one attached hydrogen (secondary N) is 1. The molecule has 0 aliphatic carbocycles. The molecule has 1 N–H and O–H groups in total. The van der Waals surface area contributed by atoms with Gasteiger partial charge in [0.25, 0.3) is 0 Å². The van der Waals surface area contributed by atoms with Crippen molar-refractivity contribution in [1.82, 2.24) is 5.32 Å². The third-order valence-electron chi connectivity index (χ3n) is 0.845. The Morgan fingerprint density at radius 2 is 2.10 bits per heavy atom. The van der Waals surface area contributed by atoms with E-state index in [0.29, 0.717) is 26.2 Å². The summed E-state index contributed by atoms with van der Waals surface area (Å²) < 4.78 is 9.88. The van der Waals surface area contributed by atoms with Gasteiger partial charge in [-0.2, -0.15) is 0 Å². The first-order valence-electron chi connectivity index (χ1n) is 3.24. The fraction of sp³-hybridized carbons (Fsp3) is 0.833. The van der Waals surface area contributed by atoms with Gasteiger partial charge in [-0.3, -0.25) is 4.79 Å². The van der Waals surface area contributed by atoms with E-state index in [4.69, 9.17) is 9.47 Å². The van der Waals surface area contributed by atoms with E-state index in [1.54, 1.807) is 0 Å². The van der Waals surface area contributed by atoms with Crippen molar-refractivity contribution >= 4 is 6.41 Å². The van der Waals surface area contributed by atoms with Crippen LogP contribution in [0, 0.1) is 0 Å². The van der Waals surface area contributed by atoms with E-state index in [1.807, 2.05) is 6.92 Å². The molecule has 60 valence electrons. The Labute approximate surface area is 60.5 Å². The maximum absolute atomic E-state index is 9.67. The second kappa shape index (κ2) is 8.39. The topological polar surface area (TPSA) is 47.6 Å². The van der Waals surface area contributed by atoms with Gasteiger partial charge in [-0.15, -0.1) is 0 Å². The van der Waals surface area contributed by atoms with Crippen LogP contribution < -0.4 is 5.32 Å². The molecule has 0 spiro atoms. The Balaban J connectivity index is 2.70. The minimum atomic E-state index is 0.260. The van der Waals surface area contributed by atoms with Crippen LogP contribution in [0.3, 0.4) is 0 Å². The summed E-state index contributed by atoms with van der Waals surface area (Å²) in [6, 6.07) is 0. The summed E-state index contributed by atoms with van der Waals surface area (Å²) in [7, 11) is 0. The molecule has 10 heavy (non-hydrogen) atoms. The number of amides is 1. The van der Waals surface area contributed by atoms with Gasteiger partial charge in [0.15, 0.2) is 0 Å². The molecule has 0 atom stereocenters. The van der Waals surface area contributed by atoms with Crippen molar-refractivity contribution in [2.45, 2.75) is 6.92 Å². The van der Waals surface area contributed by atoms with Gasteiger partial charge >= 0.3 is 0 Å². The van der Waals surface area contributed by atoms with Crippen molar-refractivity contribution in [3.63, 3.8) is 0 Å². The summed E-state index contributed by atoms with van der Waals surface area (Å²) in [5, 5.41) is 2.37. The zero-order valence-electron chi connectivity index (χ0n) is 6.13. The highest BCUT2D eigenvalue weighted by molar-refractivity contribution is 5.45. The monoisotopic (exact) mass is 147 g/mol. The van der Waals surface area contributed by atoms with Crippen LogP contribution >= 0.6 is 0 Å². The molecule has 0 aromatic rings. The first kappa shape index (κ1) is 9.39. The van der Waals surface area contributed by atoms with Crippen molar-refractivity contribution in [3.8, 4) is 0 Å². The van der Waals surface area contributed by atoms with Crippen molar-refractivity contribution in [3.05, 3.63) is 0 Å². The van der Waals surface area contributed by atoms with Crippen molar-refractivity contribution in [1.29, 1.82) is 0 Å². The Hall–Kier alpha value is -0.610. The highest BCUT2D eigenvalue weighted by Crippen LogP contribution is 1.74. The van der Waals surface area contributed by atoms with Gasteiger partial charge in [-0.1, -0.05) is 0 Å². The minimum Gasteiger partial charge on any atom is -0.379 e. The van der Waals surface area contributed by atoms with Crippen LogP contribution in [0.4, 0.5) is 0 Å². The maximum Gasteiger partial charge on any atom is 0.208 e. The number of rotatable bonds is 7. The van der Waals surface area contributed by atoms with Crippen LogP contribution in [0.1, 0.15) is 6.92 Å². The SMILES string of the molecule is CCOCCOCNC=O. The lowest BCUT2D eigenvalue weighted by Crippen LogP contribution is -2.17. The molecule has 0 saturated carbocycles. The summed E-state index contributed by atoms with van der Waals surface area (Å²) in [5.74, 6) is 0. The summed E-state index contributed by atoms with van der Waals surface area (Å²) in [6.45, 7) is 3.98. The van der Waals surface area contributed by atoms with Crippen LogP contribution in [-0.4, -0.2) is 33.0 Å². The summed E-state index contributed by atoms with van der Waals surface area (Å²) in [6.07, 6.45) is 0.598. The molecule has 4 heteroatoms. The van der Waals surface area contributed by atoms with E-state index < -0.39 is 0 Å². The van der Waals surface area contributed by atoms with Crippen molar-refractivity contribution < 1.29 is 14.3 Å². The highest BCUT2D eigenvalue weighted by atomic mass is 16.5. The second-order valence-electron chi connectivity index (χ2n) is 1.57. The number of hydrogen-bond donors (Lipinski definition) is 1. The molecular weight excluding hydrogens is 134 g/mol. The van der Waals surface area contributed by atoms with E-state index in [9.17, 15) is 4.79 Å².